The molecule has 0 aliphatic carbocycles. The number of anilines is 1. The number of rotatable bonds is 4. The SMILES string of the molecule is CCc1cc(NC(=O)Cc2occc2C)n(C)n1. The first kappa shape index (κ1) is 12.4. The second-order valence-electron chi connectivity index (χ2n) is 4.25. The molecule has 0 unspecified atom stereocenters. The molecular weight excluding hydrogens is 230 g/mol. The van der Waals surface area contributed by atoms with Crippen LogP contribution < -0.4 is 5.32 Å². The Morgan fingerprint density at radius 3 is 2.89 bits per heavy atom. The number of furan rings is 1. The van der Waals surface area contributed by atoms with Crippen molar-refractivity contribution in [1.82, 2.24) is 9.78 Å². The molecule has 18 heavy (non-hydrogen) atoms. The van der Waals surface area contributed by atoms with Crippen LogP contribution in [0, 0.1) is 6.92 Å². The van der Waals surface area contributed by atoms with E-state index in [2.05, 4.69) is 10.4 Å². The van der Waals surface area contributed by atoms with Gasteiger partial charge >= 0.3 is 0 Å². The molecule has 2 heterocycles. The molecule has 0 atom stereocenters. The summed E-state index contributed by atoms with van der Waals surface area (Å²) in [5.74, 6) is 1.31. The van der Waals surface area contributed by atoms with Crippen LogP contribution in [0.25, 0.3) is 0 Å². The lowest BCUT2D eigenvalue weighted by atomic mass is 10.2. The number of nitrogens with zero attached hydrogens (tertiary/aromatic N) is 2. The van der Waals surface area contributed by atoms with E-state index in [9.17, 15) is 4.79 Å². The topological polar surface area (TPSA) is 60.1 Å². The summed E-state index contributed by atoms with van der Waals surface area (Å²) < 4.78 is 6.92. The third-order valence-corrected chi connectivity index (χ3v) is 2.85. The highest BCUT2D eigenvalue weighted by Gasteiger charge is 2.11. The standard InChI is InChI=1S/C13H17N3O2/c1-4-10-7-12(16(3)15-10)14-13(17)8-11-9(2)5-6-18-11/h5-7H,4,8H2,1-3H3,(H,14,17). The molecule has 5 nitrogen and oxygen atoms in total. The monoisotopic (exact) mass is 247 g/mol. The van der Waals surface area contributed by atoms with Gasteiger partial charge in [-0.05, 0) is 25.0 Å². The normalized spacial score (nSPS) is 10.6. The number of carbonyl (C=O) groups is 1. The van der Waals surface area contributed by atoms with Crippen LogP contribution in [-0.4, -0.2) is 15.7 Å². The summed E-state index contributed by atoms with van der Waals surface area (Å²) in [4.78, 5) is 11.9. The fourth-order valence-corrected chi connectivity index (χ4v) is 1.73. The Bertz CT molecular complexity index is 554. The van der Waals surface area contributed by atoms with Crippen molar-refractivity contribution in [3.8, 4) is 0 Å². The first-order chi connectivity index (χ1) is 8.60. The Labute approximate surface area is 106 Å². The predicted molar refractivity (Wildman–Crippen MR) is 68.4 cm³/mol. The van der Waals surface area contributed by atoms with E-state index in [1.165, 1.54) is 0 Å². The minimum absolute atomic E-state index is 0.0984. The summed E-state index contributed by atoms with van der Waals surface area (Å²) in [7, 11) is 1.81. The lowest BCUT2D eigenvalue weighted by Gasteiger charge is -2.04. The van der Waals surface area contributed by atoms with E-state index in [1.54, 1.807) is 10.9 Å². The molecule has 0 aliphatic rings. The van der Waals surface area contributed by atoms with Crippen molar-refractivity contribution >= 4 is 11.7 Å². The third kappa shape index (κ3) is 2.61. The quantitative estimate of drug-likeness (QED) is 0.899. The zero-order chi connectivity index (χ0) is 13.1. The fourth-order valence-electron chi connectivity index (χ4n) is 1.73. The lowest BCUT2D eigenvalue weighted by Crippen LogP contribution is -2.16. The first-order valence-corrected chi connectivity index (χ1v) is 5.96. The van der Waals surface area contributed by atoms with Gasteiger partial charge in [0.05, 0.1) is 18.4 Å². The Hall–Kier alpha value is -2.04. The van der Waals surface area contributed by atoms with Gasteiger partial charge in [-0.3, -0.25) is 9.48 Å². The molecule has 0 spiro atoms. The van der Waals surface area contributed by atoms with E-state index < -0.39 is 0 Å². The van der Waals surface area contributed by atoms with E-state index in [1.807, 2.05) is 33.0 Å². The second-order valence-corrected chi connectivity index (χ2v) is 4.25. The van der Waals surface area contributed by atoms with Gasteiger partial charge in [-0.2, -0.15) is 5.10 Å². The van der Waals surface area contributed by atoms with E-state index in [4.69, 9.17) is 4.42 Å². The Balaban J connectivity index is 2.03. The van der Waals surface area contributed by atoms with Crippen molar-refractivity contribution in [2.45, 2.75) is 26.7 Å². The molecule has 2 rings (SSSR count). The van der Waals surface area contributed by atoms with Crippen LogP contribution in [-0.2, 0) is 24.7 Å². The van der Waals surface area contributed by atoms with Crippen molar-refractivity contribution in [2.75, 3.05) is 5.32 Å². The van der Waals surface area contributed by atoms with Crippen molar-refractivity contribution in [2.24, 2.45) is 7.05 Å². The van der Waals surface area contributed by atoms with Gasteiger partial charge in [0.1, 0.15) is 11.6 Å². The van der Waals surface area contributed by atoms with Gasteiger partial charge in [0, 0.05) is 13.1 Å². The van der Waals surface area contributed by atoms with Crippen LogP contribution in [0.1, 0.15) is 23.9 Å². The van der Waals surface area contributed by atoms with Crippen LogP contribution in [0.4, 0.5) is 5.82 Å². The van der Waals surface area contributed by atoms with Gasteiger partial charge in [0.25, 0.3) is 0 Å². The first-order valence-electron chi connectivity index (χ1n) is 5.96. The molecule has 2 aromatic rings. The van der Waals surface area contributed by atoms with Crippen LogP contribution in [0.5, 0.6) is 0 Å². The van der Waals surface area contributed by atoms with Gasteiger partial charge in [-0.1, -0.05) is 6.92 Å². The average molecular weight is 247 g/mol. The number of aryl methyl sites for hydroxylation is 3. The minimum Gasteiger partial charge on any atom is -0.469 e. The fraction of sp³-hybridized carbons (Fsp3) is 0.385. The molecule has 0 radical (unpaired) electrons. The summed E-state index contributed by atoms with van der Waals surface area (Å²) in [5.41, 5.74) is 1.95. The number of aromatic nitrogens is 2. The summed E-state index contributed by atoms with van der Waals surface area (Å²) >= 11 is 0. The molecule has 0 aliphatic heterocycles. The largest absolute Gasteiger partial charge is 0.469 e. The molecule has 5 heteroatoms. The van der Waals surface area contributed by atoms with Gasteiger partial charge in [-0.15, -0.1) is 0 Å². The lowest BCUT2D eigenvalue weighted by molar-refractivity contribution is -0.115. The molecule has 0 fully saturated rings. The van der Waals surface area contributed by atoms with Gasteiger partial charge < -0.3 is 9.73 Å². The van der Waals surface area contributed by atoms with E-state index in [0.29, 0.717) is 11.6 Å². The smallest absolute Gasteiger partial charge is 0.233 e. The summed E-state index contributed by atoms with van der Waals surface area (Å²) in [6, 6.07) is 3.73. The third-order valence-electron chi connectivity index (χ3n) is 2.85. The maximum absolute atomic E-state index is 11.9. The second kappa shape index (κ2) is 5.08. The molecule has 96 valence electrons. The summed E-state index contributed by atoms with van der Waals surface area (Å²) in [6.45, 7) is 3.95. The van der Waals surface area contributed by atoms with Gasteiger partial charge in [0.2, 0.25) is 5.91 Å². The Morgan fingerprint density at radius 1 is 1.56 bits per heavy atom. The van der Waals surface area contributed by atoms with Crippen molar-refractivity contribution < 1.29 is 9.21 Å². The molecule has 1 N–H and O–H groups in total. The van der Waals surface area contributed by atoms with Crippen molar-refractivity contribution in [1.29, 1.82) is 0 Å². The molecule has 2 aromatic heterocycles. The van der Waals surface area contributed by atoms with Crippen molar-refractivity contribution in [3.05, 3.63) is 35.4 Å². The van der Waals surface area contributed by atoms with Crippen LogP contribution >= 0.6 is 0 Å². The van der Waals surface area contributed by atoms with Gasteiger partial charge in [-0.25, -0.2) is 0 Å². The predicted octanol–water partition coefficient (Wildman–Crippen LogP) is 2.07. The Morgan fingerprint density at radius 2 is 2.33 bits per heavy atom. The molecule has 1 amide bonds. The zero-order valence-corrected chi connectivity index (χ0v) is 10.9. The number of carbonyl (C=O) groups excluding carboxylic acids is 1. The van der Waals surface area contributed by atoms with Gasteiger partial charge in [0.15, 0.2) is 0 Å². The Kier molecular flexibility index (Phi) is 3.50. The summed E-state index contributed by atoms with van der Waals surface area (Å²) in [5, 5.41) is 7.11. The highest BCUT2D eigenvalue weighted by atomic mass is 16.3. The number of amides is 1. The van der Waals surface area contributed by atoms with E-state index in [-0.39, 0.29) is 12.3 Å². The number of hydrogen-bond acceptors (Lipinski definition) is 3. The highest BCUT2D eigenvalue weighted by Crippen LogP contribution is 2.13. The van der Waals surface area contributed by atoms with Crippen LogP contribution in [0.3, 0.4) is 0 Å². The van der Waals surface area contributed by atoms with Crippen LogP contribution in [0.15, 0.2) is 22.8 Å². The number of nitrogens with one attached hydrogen (secondary N) is 1. The zero-order valence-electron chi connectivity index (χ0n) is 10.9. The van der Waals surface area contributed by atoms with E-state index in [0.717, 1.165) is 17.7 Å². The van der Waals surface area contributed by atoms with E-state index >= 15 is 0 Å². The molecular formula is C13H17N3O2. The maximum atomic E-state index is 11.9. The average Bonchev–Trinajstić information content (AvgIpc) is 2.87. The summed E-state index contributed by atoms with van der Waals surface area (Å²) in [6.07, 6.45) is 2.68. The number of hydrogen-bond donors (Lipinski definition) is 1. The molecule has 0 aromatic carbocycles. The minimum atomic E-state index is -0.0984. The molecule has 0 saturated carbocycles. The maximum Gasteiger partial charge on any atom is 0.233 e. The highest BCUT2D eigenvalue weighted by molar-refractivity contribution is 5.91. The molecule has 0 saturated heterocycles. The molecule has 0 bridgehead atoms. The van der Waals surface area contributed by atoms with Crippen molar-refractivity contribution in [3.63, 3.8) is 0 Å². The van der Waals surface area contributed by atoms with Crippen LogP contribution in [0.2, 0.25) is 0 Å².